The van der Waals surface area contributed by atoms with Crippen LogP contribution in [0.25, 0.3) is 10.9 Å². The van der Waals surface area contributed by atoms with Crippen LogP contribution in [0.4, 0.5) is 0 Å². The van der Waals surface area contributed by atoms with Gasteiger partial charge in [-0.3, -0.25) is 9.36 Å². The van der Waals surface area contributed by atoms with Gasteiger partial charge in [0.15, 0.2) is 0 Å². The highest BCUT2D eigenvalue weighted by Crippen LogP contribution is 2.27. The quantitative estimate of drug-likeness (QED) is 0.723. The fraction of sp³-hybridized carbons (Fsp3) is 0.526. The molecule has 21 heavy (non-hydrogen) atoms. The fourth-order valence-electron chi connectivity index (χ4n) is 2.43. The number of carbonyl (C=O) groups is 1. The van der Waals surface area contributed by atoms with E-state index in [9.17, 15) is 4.79 Å². The zero-order valence-corrected chi connectivity index (χ0v) is 14.2. The Morgan fingerprint density at radius 2 is 1.71 bits per heavy atom. The summed E-state index contributed by atoms with van der Waals surface area (Å²) in [5.74, 6) is 0.184. The Labute approximate surface area is 128 Å². The lowest BCUT2D eigenvalue weighted by Gasteiger charge is -2.19. The van der Waals surface area contributed by atoms with Crippen molar-refractivity contribution in [1.82, 2.24) is 4.57 Å². The van der Waals surface area contributed by atoms with E-state index in [-0.39, 0.29) is 16.7 Å². The van der Waals surface area contributed by atoms with Crippen LogP contribution < -0.4 is 0 Å². The van der Waals surface area contributed by atoms with E-state index in [2.05, 4.69) is 59.7 Å². The summed E-state index contributed by atoms with van der Waals surface area (Å²) in [6.07, 6.45) is 3.40. The number of fused-ring (bicyclic) bond motifs is 1. The molecule has 0 radical (unpaired) electrons. The summed E-state index contributed by atoms with van der Waals surface area (Å²) in [5.41, 5.74) is 2.64. The molecule has 2 rings (SSSR count). The van der Waals surface area contributed by atoms with E-state index >= 15 is 0 Å². The van der Waals surface area contributed by atoms with Crippen LogP contribution in [0.2, 0.25) is 0 Å². The molecule has 0 N–H and O–H groups in total. The highest BCUT2D eigenvalue weighted by molar-refractivity contribution is 5.92. The van der Waals surface area contributed by atoms with Gasteiger partial charge in [-0.15, -0.1) is 0 Å². The van der Waals surface area contributed by atoms with Crippen molar-refractivity contribution in [2.75, 3.05) is 0 Å². The number of benzene rings is 1. The maximum absolute atomic E-state index is 12.4. The molecule has 0 unspecified atom stereocenters. The molecule has 0 saturated carbocycles. The number of nitrogens with zero attached hydrogens (tertiary/aromatic N) is 1. The van der Waals surface area contributed by atoms with E-state index in [1.165, 1.54) is 5.56 Å². The van der Waals surface area contributed by atoms with Gasteiger partial charge in [-0.05, 0) is 41.0 Å². The smallest absolute Gasteiger partial charge is 0.231 e. The largest absolute Gasteiger partial charge is 0.287 e. The minimum atomic E-state index is 0.131. The minimum absolute atomic E-state index is 0.131. The molecule has 2 nitrogen and oxygen atoms in total. The molecule has 0 aliphatic heterocycles. The summed E-state index contributed by atoms with van der Waals surface area (Å²) in [4.78, 5) is 12.4. The van der Waals surface area contributed by atoms with Gasteiger partial charge in [0.2, 0.25) is 5.91 Å². The topological polar surface area (TPSA) is 22.0 Å². The van der Waals surface area contributed by atoms with Crippen LogP contribution in [-0.2, 0) is 5.41 Å². The maximum atomic E-state index is 12.4. The summed E-state index contributed by atoms with van der Waals surface area (Å²) >= 11 is 0. The van der Waals surface area contributed by atoms with Gasteiger partial charge in [0.1, 0.15) is 0 Å². The zero-order valence-electron chi connectivity index (χ0n) is 14.2. The van der Waals surface area contributed by atoms with E-state index in [1.807, 2.05) is 12.3 Å². The Morgan fingerprint density at radius 1 is 1.05 bits per heavy atom. The molecule has 0 amide bonds. The van der Waals surface area contributed by atoms with E-state index in [4.69, 9.17) is 0 Å². The zero-order chi connectivity index (χ0) is 15.8. The van der Waals surface area contributed by atoms with Crippen molar-refractivity contribution in [3.8, 4) is 0 Å². The molecule has 0 spiro atoms. The summed E-state index contributed by atoms with van der Waals surface area (Å²) in [6.45, 7) is 13.1. The van der Waals surface area contributed by atoms with Crippen molar-refractivity contribution in [3.05, 3.63) is 36.0 Å². The summed E-state index contributed by atoms with van der Waals surface area (Å²) in [6, 6.07) is 8.45. The van der Waals surface area contributed by atoms with E-state index in [1.54, 1.807) is 4.57 Å². The Kier molecular flexibility index (Phi) is 4.01. The Bertz CT molecular complexity index is 650. The predicted molar refractivity (Wildman–Crippen MR) is 90.0 cm³/mol. The Morgan fingerprint density at radius 3 is 2.29 bits per heavy atom. The third-order valence-electron chi connectivity index (χ3n) is 3.91. The van der Waals surface area contributed by atoms with Crippen LogP contribution in [0.1, 0.15) is 64.7 Å². The Hall–Kier alpha value is -1.57. The number of hydrogen-bond acceptors (Lipinski definition) is 1. The van der Waals surface area contributed by atoms with Crippen molar-refractivity contribution in [1.29, 1.82) is 0 Å². The molecule has 0 aliphatic carbocycles. The van der Waals surface area contributed by atoms with Crippen molar-refractivity contribution in [3.63, 3.8) is 0 Å². The summed E-state index contributed by atoms with van der Waals surface area (Å²) in [5, 5.41) is 1.14. The van der Waals surface area contributed by atoms with Crippen LogP contribution >= 0.6 is 0 Å². The normalized spacial score (nSPS) is 12.9. The fourth-order valence-corrected chi connectivity index (χ4v) is 2.43. The average Bonchev–Trinajstić information content (AvgIpc) is 2.76. The van der Waals surface area contributed by atoms with Crippen molar-refractivity contribution >= 4 is 16.8 Å². The van der Waals surface area contributed by atoms with Crippen LogP contribution in [0.3, 0.4) is 0 Å². The van der Waals surface area contributed by atoms with Gasteiger partial charge in [-0.25, -0.2) is 0 Å². The Balaban J connectivity index is 2.28. The summed E-state index contributed by atoms with van der Waals surface area (Å²) in [7, 11) is 0. The highest BCUT2D eigenvalue weighted by Gasteiger charge is 2.17. The van der Waals surface area contributed by atoms with Crippen LogP contribution in [0.5, 0.6) is 0 Å². The molecule has 1 aromatic carbocycles. The molecule has 0 fully saturated rings. The molecule has 114 valence electrons. The second-order valence-corrected chi connectivity index (χ2v) is 8.16. The van der Waals surface area contributed by atoms with Gasteiger partial charge in [0, 0.05) is 18.0 Å². The lowest BCUT2D eigenvalue weighted by Crippen LogP contribution is -2.14. The maximum Gasteiger partial charge on any atom is 0.231 e. The lowest BCUT2D eigenvalue weighted by molar-refractivity contribution is 0.0890. The first-order valence-electron chi connectivity index (χ1n) is 7.73. The standard InChI is InChI=1S/C19H27NO/c1-18(2,3)11-9-17(21)20-12-10-14-13-15(19(4,5)6)7-8-16(14)20/h7-8,10,12-13H,9,11H2,1-6H3. The number of rotatable bonds is 2. The monoisotopic (exact) mass is 285 g/mol. The van der Waals surface area contributed by atoms with Gasteiger partial charge in [-0.2, -0.15) is 0 Å². The highest BCUT2D eigenvalue weighted by atomic mass is 16.2. The lowest BCUT2D eigenvalue weighted by atomic mass is 9.86. The van der Waals surface area contributed by atoms with Gasteiger partial charge >= 0.3 is 0 Å². The first kappa shape index (κ1) is 15.8. The predicted octanol–water partition coefficient (Wildman–Crippen LogP) is 5.41. The molecular weight excluding hydrogens is 258 g/mol. The van der Waals surface area contributed by atoms with E-state index in [0.29, 0.717) is 6.42 Å². The molecule has 2 heteroatoms. The molecule has 1 aromatic heterocycles. The average molecular weight is 285 g/mol. The van der Waals surface area contributed by atoms with E-state index in [0.717, 1.165) is 17.3 Å². The van der Waals surface area contributed by atoms with Gasteiger partial charge in [0.05, 0.1) is 5.52 Å². The molecule has 0 bridgehead atoms. The molecule has 0 atom stereocenters. The summed E-state index contributed by atoms with van der Waals surface area (Å²) < 4.78 is 1.80. The SMILES string of the molecule is CC(C)(C)CCC(=O)n1ccc2cc(C(C)(C)C)ccc21. The number of carbonyl (C=O) groups excluding carboxylic acids is 1. The second-order valence-electron chi connectivity index (χ2n) is 8.16. The van der Waals surface area contributed by atoms with Crippen molar-refractivity contribution in [2.24, 2.45) is 5.41 Å². The first-order valence-corrected chi connectivity index (χ1v) is 7.73. The number of aromatic nitrogens is 1. The third kappa shape index (κ3) is 3.75. The molecule has 1 heterocycles. The molecular formula is C19H27NO. The van der Waals surface area contributed by atoms with Crippen LogP contribution in [0.15, 0.2) is 30.5 Å². The van der Waals surface area contributed by atoms with Crippen LogP contribution in [-0.4, -0.2) is 10.5 Å². The second kappa shape index (κ2) is 5.32. The molecule has 2 aromatic rings. The third-order valence-corrected chi connectivity index (χ3v) is 3.91. The van der Waals surface area contributed by atoms with E-state index < -0.39 is 0 Å². The van der Waals surface area contributed by atoms with Gasteiger partial charge in [-0.1, -0.05) is 47.6 Å². The molecule has 0 aliphatic rings. The van der Waals surface area contributed by atoms with Gasteiger partial charge in [0.25, 0.3) is 0 Å². The van der Waals surface area contributed by atoms with Gasteiger partial charge < -0.3 is 0 Å². The van der Waals surface area contributed by atoms with Crippen molar-refractivity contribution < 1.29 is 4.79 Å². The van der Waals surface area contributed by atoms with Crippen molar-refractivity contribution in [2.45, 2.75) is 59.8 Å². The van der Waals surface area contributed by atoms with Crippen LogP contribution in [0, 0.1) is 5.41 Å². The number of hydrogen-bond donors (Lipinski definition) is 0. The first-order chi connectivity index (χ1) is 9.58. The minimum Gasteiger partial charge on any atom is -0.287 e. The molecule has 0 saturated heterocycles.